The maximum Gasteiger partial charge on any atom is 0.183 e. The van der Waals surface area contributed by atoms with Gasteiger partial charge in [-0.05, 0) is 6.42 Å². The van der Waals surface area contributed by atoms with Crippen LogP contribution in [0.4, 0.5) is 0 Å². The zero-order chi connectivity index (χ0) is 5.98. The van der Waals surface area contributed by atoms with E-state index in [1.54, 1.807) is 0 Å². The fourth-order valence-electron chi connectivity index (χ4n) is 0.445. The van der Waals surface area contributed by atoms with Gasteiger partial charge in [-0.2, -0.15) is 0 Å². The summed E-state index contributed by atoms with van der Waals surface area (Å²) in [5, 5.41) is 1.97. The maximum absolute atomic E-state index is 5.55. The fraction of sp³-hybridized carbons (Fsp3) is 0.400. The smallest absolute Gasteiger partial charge is 0.183 e. The molecule has 1 heterocycles. The van der Waals surface area contributed by atoms with Gasteiger partial charge in [-0.25, -0.2) is 4.98 Å². The van der Waals surface area contributed by atoms with Crippen molar-refractivity contribution in [3.63, 3.8) is 0 Å². The van der Waals surface area contributed by atoms with Crippen LogP contribution >= 0.6 is 22.9 Å². The molecule has 0 spiro atoms. The summed E-state index contributed by atoms with van der Waals surface area (Å²) in [4.78, 5) is 4.01. The van der Waals surface area contributed by atoms with Gasteiger partial charge in [0.25, 0.3) is 0 Å². The van der Waals surface area contributed by atoms with Crippen molar-refractivity contribution in [1.29, 1.82) is 0 Å². The van der Waals surface area contributed by atoms with Crippen molar-refractivity contribution in [3.05, 3.63) is 15.5 Å². The van der Waals surface area contributed by atoms with Gasteiger partial charge in [-0.1, -0.05) is 18.5 Å². The van der Waals surface area contributed by atoms with Crippen molar-refractivity contribution in [3.8, 4) is 0 Å². The first-order valence-corrected chi connectivity index (χ1v) is 3.68. The Balaban J connectivity index is 2.84. The van der Waals surface area contributed by atoms with E-state index in [2.05, 4.69) is 11.9 Å². The first-order valence-electron chi connectivity index (χ1n) is 2.43. The molecule has 0 aliphatic rings. The van der Waals surface area contributed by atoms with Gasteiger partial charge in [0.1, 0.15) is 0 Å². The topological polar surface area (TPSA) is 12.9 Å². The molecule has 0 aliphatic heterocycles. The molecule has 0 amide bonds. The summed E-state index contributed by atoms with van der Waals surface area (Å²) in [5.41, 5.74) is 1.08. The first-order chi connectivity index (χ1) is 3.83. The van der Waals surface area contributed by atoms with Gasteiger partial charge in [0, 0.05) is 5.38 Å². The SMILES string of the molecule is CCc1csc(Cl)n1. The lowest BCUT2D eigenvalue weighted by atomic mass is 10.4. The van der Waals surface area contributed by atoms with Crippen molar-refractivity contribution >= 4 is 22.9 Å². The van der Waals surface area contributed by atoms with Crippen LogP contribution in [0.15, 0.2) is 5.38 Å². The number of aryl methyl sites for hydroxylation is 1. The van der Waals surface area contributed by atoms with E-state index in [4.69, 9.17) is 11.6 Å². The Bertz CT molecular complexity index is 173. The third kappa shape index (κ3) is 1.20. The molecule has 1 aromatic rings. The molecule has 0 radical (unpaired) electrons. The molecule has 0 fully saturated rings. The average molecular weight is 148 g/mol. The Morgan fingerprint density at radius 2 is 2.62 bits per heavy atom. The Hall–Kier alpha value is -0.0800. The van der Waals surface area contributed by atoms with Crippen LogP contribution in [0.1, 0.15) is 12.6 Å². The number of halogens is 1. The molecule has 1 nitrogen and oxygen atoms in total. The van der Waals surface area contributed by atoms with Crippen LogP contribution < -0.4 is 0 Å². The summed E-state index contributed by atoms with van der Waals surface area (Å²) in [6, 6.07) is 0. The van der Waals surface area contributed by atoms with E-state index < -0.39 is 0 Å². The van der Waals surface area contributed by atoms with E-state index in [1.807, 2.05) is 5.38 Å². The summed E-state index contributed by atoms with van der Waals surface area (Å²) in [5.74, 6) is 0. The number of rotatable bonds is 1. The lowest BCUT2D eigenvalue weighted by Crippen LogP contribution is -1.74. The van der Waals surface area contributed by atoms with Crippen molar-refractivity contribution in [2.45, 2.75) is 13.3 Å². The van der Waals surface area contributed by atoms with Crippen molar-refractivity contribution < 1.29 is 0 Å². The Kier molecular flexibility index (Phi) is 1.86. The molecule has 0 bridgehead atoms. The highest BCUT2D eigenvalue weighted by Gasteiger charge is 1.93. The summed E-state index contributed by atoms with van der Waals surface area (Å²) in [7, 11) is 0. The third-order valence-corrected chi connectivity index (χ3v) is 1.91. The minimum absolute atomic E-state index is 0.641. The summed E-state index contributed by atoms with van der Waals surface area (Å²) in [6.45, 7) is 2.06. The highest BCUT2D eigenvalue weighted by Crippen LogP contribution is 2.14. The average Bonchev–Trinajstić information content (AvgIpc) is 2.14. The molecule has 0 unspecified atom stereocenters. The van der Waals surface area contributed by atoms with Crippen LogP contribution in [-0.4, -0.2) is 4.98 Å². The second-order valence-corrected chi connectivity index (χ2v) is 2.89. The number of aromatic nitrogens is 1. The predicted molar refractivity (Wildman–Crippen MR) is 36.5 cm³/mol. The van der Waals surface area contributed by atoms with Crippen LogP contribution in [0.5, 0.6) is 0 Å². The van der Waals surface area contributed by atoms with Crippen LogP contribution in [0.3, 0.4) is 0 Å². The van der Waals surface area contributed by atoms with E-state index in [9.17, 15) is 0 Å². The van der Waals surface area contributed by atoms with Crippen LogP contribution in [0, 0.1) is 0 Å². The van der Waals surface area contributed by atoms with Crippen LogP contribution in [0.2, 0.25) is 4.47 Å². The molecule has 0 aromatic carbocycles. The summed E-state index contributed by atoms with van der Waals surface area (Å²) < 4.78 is 0.641. The van der Waals surface area contributed by atoms with Crippen molar-refractivity contribution in [2.24, 2.45) is 0 Å². The fourth-order valence-corrected chi connectivity index (χ4v) is 1.31. The van der Waals surface area contributed by atoms with E-state index in [1.165, 1.54) is 11.3 Å². The van der Waals surface area contributed by atoms with E-state index in [0.717, 1.165) is 12.1 Å². The van der Waals surface area contributed by atoms with Crippen molar-refractivity contribution in [2.75, 3.05) is 0 Å². The van der Waals surface area contributed by atoms with Crippen molar-refractivity contribution in [1.82, 2.24) is 4.98 Å². The molecule has 44 valence electrons. The molecule has 1 rings (SSSR count). The quantitative estimate of drug-likeness (QED) is 0.595. The van der Waals surface area contributed by atoms with Gasteiger partial charge >= 0.3 is 0 Å². The van der Waals surface area contributed by atoms with Crippen LogP contribution in [0.25, 0.3) is 0 Å². The first kappa shape index (κ1) is 6.05. The van der Waals surface area contributed by atoms with E-state index >= 15 is 0 Å². The molecule has 0 atom stereocenters. The number of thiazole rings is 1. The molecule has 0 saturated carbocycles. The molecule has 0 N–H and O–H groups in total. The predicted octanol–water partition coefficient (Wildman–Crippen LogP) is 2.36. The largest absolute Gasteiger partial charge is 0.230 e. The summed E-state index contributed by atoms with van der Waals surface area (Å²) in [6.07, 6.45) is 0.975. The van der Waals surface area contributed by atoms with Gasteiger partial charge in [0.2, 0.25) is 0 Å². The molecular weight excluding hydrogens is 142 g/mol. The Morgan fingerprint density at radius 3 is 2.88 bits per heavy atom. The number of nitrogens with zero attached hydrogens (tertiary/aromatic N) is 1. The highest BCUT2D eigenvalue weighted by molar-refractivity contribution is 7.13. The molecule has 3 heteroatoms. The van der Waals surface area contributed by atoms with Crippen LogP contribution in [-0.2, 0) is 6.42 Å². The minimum Gasteiger partial charge on any atom is -0.230 e. The lowest BCUT2D eigenvalue weighted by Gasteiger charge is -1.78. The normalized spacial score (nSPS) is 9.75. The van der Waals surface area contributed by atoms with E-state index in [-0.39, 0.29) is 0 Å². The molecule has 0 aliphatic carbocycles. The van der Waals surface area contributed by atoms with Gasteiger partial charge in [-0.15, -0.1) is 11.3 Å². The van der Waals surface area contributed by atoms with Gasteiger partial charge in [0.15, 0.2) is 4.47 Å². The Labute approximate surface area is 57.3 Å². The Morgan fingerprint density at radius 1 is 1.88 bits per heavy atom. The minimum atomic E-state index is 0.641. The molecular formula is C5H6ClNS. The van der Waals surface area contributed by atoms with E-state index in [0.29, 0.717) is 4.47 Å². The zero-order valence-electron chi connectivity index (χ0n) is 4.52. The second-order valence-electron chi connectivity index (χ2n) is 1.45. The maximum atomic E-state index is 5.55. The molecule has 0 saturated heterocycles. The zero-order valence-corrected chi connectivity index (χ0v) is 6.09. The second kappa shape index (κ2) is 2.46. The molecule has 8 heavy (non-hydrogen) atoms. The third-order valence-electron chi connectivity index (χ3n) is 0.886. The van der Waals surface area contributed by atoms with Gasteiger partial charge < -0.3 is 0 Å². The molecule has 1 aromatic heterocycles. The van der Waals surface area contributed by atoms with Gasteiger partial charge in [0.05, 0.1) is 5.69 Å². The summed E-state index contributed by atoms with van der Waals surface area (Å²) >= 11 is 7.03. The van der Waals surface area contributed by atoms with Gasteiger partial charge in [-0.3, -0.25) is 0 Å². The number of hydrogen-bond donors (Lipinski definition) is 0. The highest BCUT2D eigenvalue weighted by atomic mass is 35.5. The standard InChI is InChI=1S/C5H6ClNS/c1-2-4-3-8-5(6)7-4/h3H,2H2,1H3. The lowest BCUT2D eigenvalue weighted by molar-refractivity contribution is 1.06. The monoisotopic (exact) mass is 147 g/mol. The number of hydrogen-bond acceptors (Lipinski definition) is 2.